The Bertz CT molecular complexity index is 828. The first-order chi connectivity index (χ1) is 14.6. The van der Waals surface area contributed by atoms with Crippen LogP contribution < -0.4 is 4.90 Å². The summed E-state index contributed by atoms with van der Waals surface area (Å²) in [5, 5.41) is 10.1. The minimum Gasteiger partial charge on any atom is -0.506 e. The van der Waals surface area contributed by atoms with Crippen LogP contribution in [-0.4, -0.2) is 84.6 Å². The van der Waals surface area contributed by atoms with Gasteiger partial charge in [0.1, 0.15) is 5.75 Å². The van der Waals surface area contributed by atoms with Crippen LogP contribution >= 0.6 is 0 Å². The van der Waals surface area contributed by atoms with Crippen LogP contribution in [0.5, 0.6) is 5.75 Å². The molecule has 2 saturated heterocycles. The molecule has 0 bridgehead atoms. The van der Waals surface area contributed by atoms with Gasteiger partial charge in [-0.15, -0.1) is 0 Å². The maximum absolute atomic E-state index is 12.8. The summed E-state index contributed by atoms with van der Waals surface area (Å²) in [5.41, 5.74) is 2.21. The van der Waals surface area contributed by atoms with Crippen molar-refractivity contribution in [3.8, 4) is 5.75 Å². The van der Waals surface area contributed by atoms with Gasteiger partial charge >= 0.3 is 0 Å². The molecule has 1 amide bonds. The van der Waals surface area contributed by atoms with Crippen molar-refractivity contribution >= 4 is 11.6 Å². The average molecular weight is 409 g/mol. The molecule has 0 aromatic heterocycles. The molecule has 0 radical (unpaired) electrons. The number of hydrogen-bond acceptors (Lipinski definition) is 5. The van der Waals surface area contributed by atoms with E-state index < -0.39 is 0 Å². The van der Waals surface area contributed by atoms with Gasteiger partial charge in [-0.2, -0.15) is 0 Å². The molecular formula is C24H32N4O2. The Kier molecular flexibility index (Phi) is 6.55. The smallest absolute Gasteiger partial charge is 0.236 e. The van der Waals surface area contributed by atoms with Crippen LogP contribution in [-0.2, 0) is 4.79 Å². The van der Waals surface area contributed by atoms with Crippen molar-refractivity contribution in [3.05, 3.63) is 60.2 Å². The van der Waals surface area contributed by atoms with E-state index in [9.17, 15) is 9.90 Å². The molecule has 160 valence electrons. The van der Waals surface area contributed by atoms with E-state index in [1.165, 1.54) is 5.56 Å². The Labute approximate surface area is 179 Å². The van der Waals surface area contributed by atoms with E-state index in [0.717, 1.165) is 58.0 Å². The van der Waals surface area contributed by atoms with E-state index in [1.807, 2.05) is 23.1 Å². The van der Waals surface area contributed by atoms with Crippen molar-refractivity contribution in [1.29, 1.82) is 0 Å². The lowest BCUT2D eigenvalue weighted by atomic mass is 10.1. The van der Waals surface area contributed by atoms with Gasteiger partial charge in [0.2, 0.25) is 5.91 Å². The summed E-state index contributed by atoms with van der Waals surface area (Å²) in [6, 6.07) is 18.4. The number of piperazine rings is 2. The summed E-state index contributed by atoms with van der Waals surface area (Å²) in [5.74, 6) is 0.558. The van der Waals surface area contributed by atoms with Crippen molar-refractivity contribution in [2.45, 2.75) is 13.0 Å². The molecule has 2 aromatic carbocycles. The number of amides is 1. The number of aromatic hydroxyl groups is 1. The summed E-state index contributed by atoms with van der Waals surface area (Å²) in [6.45, 7) is 9.50. The van der Waals surface area contributed by atoms with E-state index in [2.05, 4.69) is 52.0 Å². The standard InChI is InChI=1S/C24H32N4O2/c1-20(21-7-3-2-4-8-21)26-15-17-28(18-16-26)24(30)19-25-11-13-27(14-12-25)22-9-5-6-10-23(22)29/h2-10,20,29H,11-19H2,1H3/t20-/m0/s1. The molecule has 0 spiro atoms. The third-order valence-corrected chi connectivity index (χ3v) is 6.45. The lowest BCUT2D eigenvalue weighted by molar-refractivity contribution is -0.134. The molecule has 4 rings (SSSR count). The van der Waals surface area contributed by atoms with Crippen LogP contribution in [0.3, 0.4) is 0 Å². The maximum Gasteiger partial charge on any atom is 0.236 e. The summed E-state index contributed by atoms with van der Waals surface area (Å²) in [7, 11) is 0. The van der Waals surface area contributed by atoms with Crippen LogP contribution in [0.2, 0.25) is 0 Å². The zero-order chi connectivity index (χ0) is 20.9. The lowest BCUT2D eigenvalue weighted by Gasteiger charge is -2.40. The number of hydrogen-bond donors (Lipinski definition) is 1. The maximum atomic E-state index is 12.8. The van der Waals surface area contributed by atoms with Gasteiger partial charge in [-0.3, -0.25) is 14.6 Å². The molecular weight excluding hydrogens is 376 g/mol. The summed E-state index contributed by atoms with van der Waals surface area (Å²) >= 11 is 0. The number of phenolic OH excluding ortho intramolecular Hbond substituents is 1. The number of para-hydroxylation sites is 2. The molecule has 2 aliphatic rings. The largest absolute Gasteiger partial charge is 0.506 e. The number of anilines is 1. The second-order valence-electron chi connectivity index (χ2n) is 8.26. The van der Waals surface area contributed by atoms with Crippen LogP contribution in [0.4, 0.5) is 5.69 Å². The van der Waals surface area contributed by atoms with Crippen molar-refractivity contribution < 1.29 is 9.90 Å². The summed E-state index contributed by atoms with van der Waals surface area (Å²) in [6.07, 6.45) is 0. The van der Waals surface area contributed by atoms with Crippen molar-refractivity contribution in [2.24, 2.45) is 0 Å². The molecule has 1 N–H and O–H groups in total. The first kappa shape index (κ1) is 20.7. The fourth-order valence-corrected chi connectivity index (χ4v) is 4.47. The molecule has 6 heteroatoms. The number of carbonyl (C=O) groups is 1. The first-order valence-electron chi connectivity index (χ1n) is 10.9. The SMILES string of the molecule is C[C@@H](c1ccccc1)N1CCN(C(=O)CN2CCN(c3ccccc3O)CC2)CC1. The van der Waals surface area contributed by atoms with E-state index in [4.69, 9.17) is 0 Å². The van der Waals surface area contributed by atoms with E-state index in [0.29, 0.717) is 18.3 Å². The second kappa shape index (κ2) is 9.49. The number of phenols is 1. The topological polar surface area (TPSA) is 50.3 Å². The predicted octanol–water partition coefficient (Wildman–Crippen LogP) is 2.42. The van der Waals surface area contributed by atoms with Gasteiger partial charge in [0, 0.05) is 58.4 Å². The Morgan fingerprint density at radius 2 is 1.50 bits per heavy atom. The van der Waals surface area contributed by atoms with E-state index in [1.54, 1.807) is 6.07 Å². The normalized spacial score (nSPS) is 19.6. The molecule has 0 unspecified atom stereocenters. The minimum atomic E-state index is 0.234. The Morgan fingerprint density at radius 1 is 0.867 bits per heavy atom. The highest BCUT2D eigenvalue weighted by atomic mass is 16.3. The molecule has 1 atom stereocenters. The molecule has 2 aromatic rings. The van der Waals surface area contributed by atoms with Gasteiger partial charge in [-0.1, -0.05) is 42.5 Å². The Hall–Kier alpha value is -2.57. The van der Waals surface area contributed by atoms with Crippen molar-refractivity contribution in [2.75, 3.05) is 63.8 Å². The van der Waals surface area contributed by atoms with Gasteiger partial charge in [0.05, 0.1) is 12.2 Å². The van der Waals surface area contributed by atoms with Gasteiger partial charge in [0.15, 0.2) is 0 Å². The van der Waals surface area contributed by atoms with Crippen LogP contribution in [0, 0.1) is 0 Å². The average Bonchev–Trinajstić information content (AvgIpc) is 2.80. The number of carbonyl (C=O) groups excluding carboxylic acids is 1. The molecule has 0 saturated carbocycles. The first-order valence-corrected chi connectivity index (χ1v) is 10.9. The molecule has 2 aliphatic heterocycles. The zero-order valence-electron chi connectivity index (χ0n) is 17.8. The molecule has 0 aliphatic carbocycles. The lowest BCUT2D eigenvalue weighted by Crippen LogP contribution is -2.54. The second-order valence-corrected chi connectivity index (χ2v) is 8.26. The summed E-state index contributed by atoms with van der Waals surface area (Å²) in [4.78, 5) is 21.7. The minimum absolute atomic E-state index is 0.234. The highest BCUT2D eigenvalue weighted by Gasteiger charge is 2.27. The number of benzene rings is 2. The Balaban J connectivity index is 1.22. The van der Waals surface area contributed by atoms with Crippen LogP contribution in [0.15, 0.2) is 54.6 Å². The van der Waals surface area contributed by atoms with Gasteiger partial charge in [-0.25, -0.2) is 0 Å². The molecule has 2 heterocycles. The van der Waals surface area contributed by atoms with Crippen molar-refractivity contribution in [3.63, 3.8) is 0 Å². The van der Waals surface area contributed by atoms with Crippen LogP contribution in [0.25, 0.3) is 0 Å². The van der Waals surface area contributed by atoms with E-state index in [-0.39, 0.29) is 5.91 Å². The molecule has 6 nitrogen and oxygen atoms in total. The van der Waals surface area contributed by atoms with E-state index >= 15 is 0 Å². The monoisotopic (exact) mass is 408 g/mol. The third-order valence-electron chi connectivity index (χ3n) is 6.45. The molecule has 2 fully saturated rings. The fraction of sp³-hybridized carbons (Fsp3) is 0.458. The van der Waals surface area contributed by atoms with Gasteiger partial charge in [-0.05, 0) is 24.6 Å². The van der Waals surface area contributed by atoms with Crippen LogP contribution in [0.1, 0.15) is 18.5 Å². The quantitative estimate of drug-likeness (QED) is 0.824. The summed E-state index contributed by atoms with van der Waals surface area (Å²) < 4.78 is 0. The fourth-order valence-electron chi connectivity index (χ4n) is 4.47. The number of rotatable bonds is 5. The third kappa shape index (κ3) is 4.77. The predicted molar refractivity (Wildman–Crippen MR) is 120 cm³/mol. The zero-order valence-corrected chi connectivity index (χ0v) is 17.8. The molecule has 30 heavy (non-hydrogen) atoms. The van der Waals surface area contributed by atoms with Gasteiger partial charge < -0.3 is 14.9 Å². The highest BCUT2D eigenvalue weighted by Crippen LogP contribution is 2.27. The number of nitrogens with zero attached hydrogens (tertiary/aromatic N) is 4. The van der Waals surface area contributed by atoms with Crippen molar-refractivity contribution in [1.82, 2.24) is 14.7 Å². The highest BCUT2D eigenvalue weighted by molar-refractivity contribution is 5.78. The van der Waals surface area contributed by atoms with Gasteiger partial charge in [0.25, 0.3) is 0 Å². The Morgan fingerprint density at radius 3 is 2.17 bits per heavy atom.